The summed E-state index contributed by atoms with van der Waals surface area (Å²) in [5.74, 6) is 5.41. The lowest BCUT2D eigenvalue weighted by atomic mass is 10.0. The predicted octanol–water partition coefficient (Wildman–Crippen LogP) is 1.46. The third-order valence-corrected chi connectivity index (χ3v) is 5.34. The molecule has 6 heteroatoms. The maximum atomic E-state index is 12.3. The quantitative estimate of drug-likeness (QED) is 0.713. The van der Waals surface area contributed by atoms with Crippen LogP contribution in [0.4, 0.5) is 0 Å². The Hall–Kier alpha value is -2.17. The van der Waals surface area contributed by atoms with Crippen LogP contribution in [0, 0.1) is 11.8 Å². The van der Waals surface area contributed by atoms with Crippen LogP contribution in [-0.2, 0) is 6.54 Å². The molecule has 0 radical (unpaired) electrons. The second-order valence-corrected chi connectivity index (χ2v) is 7.43. The highest BCUT2D eigenvalue weighted by atomic mass is 32.1. The summed E-state index contributed by atoms with van der Waals surface area (Å²) < 4.78 is 0. The number of nitrogens with one attached hydrogen (secondary N) is 1. The summed E-state index contributed by atoms with van der Waals surface area (Å²) in [6.45, 7) is 1.95. The van der Waals surface area contributed by atoms with Crippen molar-refractivity contribution in [2.24, 2.45) is 0 Å². The van der Waals surface area contributed by atoms with Crippen LogP contribution in [0.15, 0.2) is 42.5 Å². The Labute approximate surface area is 157 Å². The fraction of sp³-hybridized carbons (Fsp3) is 0.350. The Morgan fingerprint density at radius 2 is 2.08 bits per heavy atom. The largest absolute Gasteiger partial charge is 0.390 e. The fourth-order valence-electron chi connectivity index (χ4n) is 3.03. The first-order chi connectivity index (χ1) is 12.7. The van der Waals surface area contributed by atoms with E-state index in [0.717, 1.165) is 18.0 Å². The zero-order chi connectivity index (χ0) is 18.4. The number of benzene rings is 1. The maximum Gasteiger partial charge on any atom is 0.251 e. The minimum Gasteiger partial charge on any atom is -0.390 e. The van der Waals surface area contributed by atoms with E-state index < -0.39 is 6.10 Å². The zero-order valence-corrected chi connectivity index (χ0v) is 15.2. The Morgan fingerprint density at radius 1 is 1.27 bits per heavy atom. The van der Waals surface area contributed by atoms with Crippen LogP contribution in [0.5, 0.6) is 0 Å². The number of carbonyl (C=O) groups is 1. The van der Waals surface area contributed by atoms with E-state index in [-0.39, 0.29) is 18.6 Å². The molecule has 0 spiro atoms. The highest BCUT2D eigenvalue weighted by Crippen LogP contribution is 2.20. The number of β-amino-alcohol motifs (C(OH)–C–C–N with tert-alkyl or cyclic N) is 1. The molecule has 3 N–H and O–H groups in total. The fourth-order valence-corrected chi connectivity index (χ4v) is 3.95. The van der Waals surface area contributed by atoms with Crippen LogP contribution in [0.1, 0.15) is 26.5 Å². The lowest BCUT2D eigenvalue weighted by Crippen LogP contribution is -2.53. The molecule has 1 fully saturated rings. The number of hydrogen-bond acceptors (Lipinski definition) is 5. The molecule has 3 rings (SSSR count). The van der Waals surface area contributed by atoms with Crippen molar-refractivity contribution in [1.82, 2.24) is 10.2 Å². The van der Waals surface area contributed by atoms with Gasteiger partial charge < -0.3 is 15.5 Å². The minimum absolute atomic E-state index is 0.137. The third kappa shape index (κ3) is 4.93. The van der Waals surface area contributed by atoms with E-state index in [4.69, 9.17) is 5.11 Å². The number of piperidine rings is 1. The van der Waals surface area contributed by atoms with Gasteiger partial charge in [0.25, 0.3) is 5.91 Å². The van der Waals surface area contributed by atoms with Crippen LogP contribution in [-0.4, -0.2) is 52.9 Å². The molecule has 2 unspecified atom stereocenters. The molecule has 2 atom stereocenters. The molecule has 1 saturated heterocycles. The Kier molecular flexibility index (Phi) is 6.42. The first kappa shape index (κ1) is 18.6. The van der Waals surface area contributed by atoms with Gasteiger partial charge in [-0.2, -0.15) is 0 Å². The summed E-state index contributed by atoms with van der Waals surface area (Å²) >= 11 is 1.60. The predicted molar refractivity (Wildman–Crippen MR) is 102 cm³/mol. The molecular formula is C20H22N2O3S. The van der Waals surface area contributed by atoms with Crippen molar-refractivity contribution in [3.8, 4) is 11.8 Å². The van der Waals surface area contributed by atoms with E-state index in [1.807, 2.05) is 30.3 Å². The van der Waals surface area contributed by atoms with E-state index in [0.29, 0.717) is 18.5 Å². The Morgan fingerprint density at radius 3 is 2.81 bits per heavy atom. The summed E-state index contributed by atoms with van der Waals surface area (Å²) in [7, 11) is 0. The molecule has 5 nitrogen and oxygen atoms in total. The SMILES string of the molecule is O=C(NC1CCN(Cc2ccc(C#CCO)s2)CC1O)c1ccccc1. The summed E-state index contributed by atoms with van der Waals surface area (Å²) in [5.41, 5.74) is 0.609. The molecule has 1 aliphatic rings. The molecule has 136 valence electrons. The van der Waals surface area contributed by atoms with Gasteiger partial charge in [-0.15, -0.1) is 11.3 Å². The normalized spacial score (nSPS) is 20.2. The molecule has 2 aromatic rings. The number of hydrogen-bond donors (Lipinski definition) is 3. The standard InChI is InChI=1S/C20H22N2O3S/c23-12-4-7-16-8-9-17(26-16)13-22-11-10-18(19(24)14-22)21-20(25)15-5-2-1-3-6-15/h1-3,5-6,8-9,18-19,23-24H,10-14H2,(H,21,25). The van der Waals surface area contributed by atoms with E-state index in [1.54, 1.807) is 23.5 Å². The molecule has 26 heavy (non-hydrogen) atoms. The lowest BCUT2D eigenvalue weighted by Gasteiger charge is -2.36. The van der Waals surface area contributed by atoms with Crippen molar-refractivity contribution in [3.63, 3.8) is 0 Å². The van der Waals surface area contributed by atoms with Gasteiger partial charge in [-0.25, -0.2) is 0 Å². The monoisotopic (exact) mass is 370 g/mol. The Bertz CT molecular complexity index is 794. The van der Waals surface area contributed by atoms with Gasteiger partial charge in [0, 0.05) is 30.1 Å². The van der Waals surface area contributed by atoms with Gasteiger partial charge in [0.05, 0.1) is 17.0 Å². The van der Waals surface area contributed by atoms with Gasteiger partial charge in [-0.05, 0) is 30.7 Å². The van der Waals surface area contributed by atoms with E-state index in [9.17, 15) is 9.90 Å². The summed E-state index contributed by atoms with van der Waals surface area (Å²) in [4.78, 5) is 16.5. The van der Waals surface area contributed by atoms with E-state index >= 15 is 0 Å². The van der Waals surface area contributed by atoms with Gasteiger partial charge in [0.1, 0.15) is 6.61 Å². The van der Waals surface area contributed by atoms with Crippen LogP contribution >= 0.6 is 11.3 Å². The third-order valence-electron chi connectivity index (χ3n) is 4.35. The van der Waals surface area contributed by atoms with Crippen LogP contribution in [0.2, 0.25) is 0 Å². The molecule has 0 bridgehead atoms. The lowest BCUT2D eigenvalue weighted by molar-refractivity contribution is 0.0353. The maximum absolute atomic E-state index is 12.3. The molecule has 1 aromatic carbocycles. The van der Waals surface area contributed by atoms with Crippen LogP contribution in [0.3, 0.4) is 0 Å². The minimum atomic E-state index is -0.593. The average Bonchev–Trinajstić information content (AvgIpc) is 3.10. The van der Waals surface area contributed by atoms with Crippen molar-refractivity contribution in [2.75, 3.05) is 19.7 Å². The van der Waals surface area contributed by atoms with Crippen molar-refractivity contribution >= 4 is 17.2 Å². The molecule has 1 aromatic heterocycles. The molecule has 2 heterocycles. The number of aliphatic hydroxyl groups excluding tert-OH is 2. The zero-order valence-electron chi connectivity index (χ0n) is 14.4. The number of rotatable bonds is 4. The molecule has 1 amide bonds. The first-order valence-electron chi connectivity index (χ1n) is 8.60. The number of thiophene rings is 1. The van der Waals surface area contributed by atoms with Gasteiger partial charge >= 0.3 is 0 Å². The summed E-state index contributed by atoms with van der Waals surface area (Å²) in [6, 6.07) is 12.8. The second-order valence-electron chi connectivity index (χ2n) is 6.26. The molecule has 0 saturated carbocycles. The molecule has 1 aliphatic heterocycles. The summed E-state index contributed by atoms with van der Waals surface area (Å²) in [6.07, 6.45) is 0.118. The van der Waals surface area contributed by atoms with Gasteiger partial charge in [0.2, 0.25) is 0 Å². The van der Waals surface area contributed by atoms with Gasteiger partial charge in [0.15, 0.2) is 0 Å². The molecule has 0 aliphatic carbocycles. The number of nitrogens with zero attached hydrogens (tertiary/aromatic N) is 1. The number of carbonyl (C=O) groups excluding carboxylic acids is 1. The van der Waals surface area contributed by atoms with Crippen molar-refractivity contribution in [3.05, 3.63) is 57.8 Å². The number of aliphatic hydroxyl groups is 2. The first-order valence-corrected chi connectivity index (χ1v) is 9.42. The smallest absolute Gasteiger partial charge is 0.251 e. The van der Waals surface area contributed by atoms with E-state index in [1.165, 1.54) is 4.88 Å². The van der Waals surface area contributed by atoms with Crippen LogP contribution in [0.25, 0.3) is 0 Å². The topological polar surface area (TPSA) is 72.8 Å². The average molecular weight is 370 g/mol. The van der Waals surface area contributed by atoms with E-state index in [2.05, 4.69) is 22.1 Å². The van der Waals surface area contributed by atoms with Gasteiger partial charge in [-0.1, -0.05) is 30.0 Å². The number of likely N-dealkylation sites (tertiary alicyclic amines) is 1. The van der Waals surface area contributed by atoms with Crippen molar-refractivity contribution in [1.29, 1.82) is 0 Å². The Balaban J connectivity index is 1.52. The van der Waals surface area contributed by atoms with Crippen molar-refractivity contribution < 1.29 is 15.0 Å². The second kappa shape index (κ2) is 8.97. The van der Waals surface area contributed by atoms with Crippen LogP contribution < -0.4 is 5.32 Å². The highest BCUT2D eigenvalue weighted by molar-refractivity contribution is 7.12. The highest BCUT2D eigenvalue weighted by Gasteiger charge is 2.29. The van der Waals surface area contributed by atoms with Crippen molar-refractivity contribution in [2.45, 2.75) is 25.1 Å². The molecular weight excluding hydrogens is 348 g/mol. The van der Waals surface area contributed by atoms with Gasteiger partial charge in [-0.3, -0.25) is 9.69 Å². The number of amides is 1. The summed E-state index contributed by atoms with van der Waals surface area (Å²) in [5, 5.41) is 22.1.